The molecule has 0 aliphatic heterocycles. The van der Waals surface area contributed by atoms with Gasteiger partial charge in [-0.1, -0.05) is 30.3 Å². The number of aromatic nitrogens is 2. The third-order valence-corrected chi connectivity index (χ3v) is 6.28. The molecule has 0 aliphatic rings. The number of carbonyl (C=O) groups excluding carboxylic acids is 4. The largest absolute Gasteiger partial charge is 0.466 e. The fourth-order valence-electron chi connectivity index (χ4n) is 4.66. The van der Waals surface area contributed by atoms with Crippen LogP contribution in [-0.4, -0.2) is 52.1 Å². The Balaban J connectivity index is 1.90. The minimum atomic E-state index is -1.00. The zero-order valence-corrected chi connectivity index (χ0v) is 24.1. The Labute approximate surface area is 237 Å². The SMILES string of the molecule is CCOC(=O)Cc1cc2ccccc2n1C(=O)Oc1c(C(C)C(=O)OCC)n(C(=O)OC(C)(C)C)c2ccccc12. The van der Waals surface area contributed by atoms with Crippen molar-refractivity contribution in [2.75, 3.05) is 13.2 Å². The third kappa shape index (κ3) is 6.11. The smallest absolute Gasteiger partial charge is 0.424 e. The number of ether oxygens (including phenoxy) is 4. The van der Waals surface area contributed by atoms with E-state index in [0.717, 1.165) is 5.39 Å². The molecule has 0 fully saturated rings. The summed E-state index contributed by atoms with van der Waals surface area (Å²) in [4.78, 5) is 52.8. The van der Waals surface area contributed by atoms with Gasteiger partial charge in [0.2, 0.25) is 0 Å². The first-order valence-electron chi connectivity index (χ1n) is 13.5. The molecule has 0 aliphatic carbocycles. The van der Waals surface area contributed by atoms with Crippen LogP contribution in [0.2, 0.25) is 0 Å². The summed E-state index contributed by atoms with van der Waals surface area (Å²) in [6.07, 6.45) is -1.73. The highest BCUT2D eigenvalue weighted by Crippen LogP contribution is 2.39. The number of hydrogen-bond donors (Lipinski definition) is 0. The van der Waals surface area contributed by atoms with Crippen LogP contribution >= 0.6 is 0 Å². The Morgan fingerprint density at radius 1 is 0.829 bits per heavy atom. The molecule has 0 spiro atoms. The molecule has 41 heavy (non-hydrogen) atoms. The lowest BCUT2D eigenvalue weighted by molar-refractivity contribution is -0.145. The van der Waals surface area contributed by atoms with E-state index in [1.807, 2.05) is 12.1 Å². The monoisotopic (exact) mass is 562 g/mol. The molecular formula is C31H34N2O8. The van der Waals surface area contributed by atoms with Crippen LogP contribution in [0, 0.1) is 0 Å². The molecule has 0 N–H and O–H groups in total. The van der Waals surface area contributed by atoms with Gasteiger partial charge < -0.3 is 18.9 Å². The van der Waals surface area contributed by atoms with Crippen LogP contribution in [0.4, 0.5) is 9.59 Å². The maximum absolute atomic E-state index is 13.9. The molecule has 2 aromatic heterocycles. The average molecular weight is 563 g/mol. The Morgan fingerprint density at radius 2 is 1.46 bits per heavy atom. The Kier molecular flexibility index (Phi) is 8.51. The predicted molar refractivity (Wildman–Crippen MR) is 152 cm³/mol. The van der Waals surface area contributed by atoms with E-state index in [9.17, 15) is 19.2 Å². The first kappa shape index (κ1) is 29.4. The standard InChI is InChI=1S/C31H34N2O8/c1-7-38-25(34)18-21-17-20-13-9-11-15-23(20)32(21)29(36)40-27-22-14-10-12-16-24(22)33(30(37)41-31(4,5)6)26(27)19(3)28(35)39-8-2/h9-17,19H,7-8,18H2,1-6H3. The van der Waals surface area contributed by atoms with E-state index in [4.69, 9.17) is 18.9 Å². The number of nitrogens with zero attached hydrogens (tertiary/aromatic N) is 2. The van der Waals surface area contributed by atoms with E-state index < -0.39 is 35.6 Å². The molecule has 2 aromatic carbocycles. The lowest BCUT2D eigenvalue weighted by Gasteiger charge is -2.22. The molecule has 4 rings (SSSR count). The highest BCUT2D eigenvalue weighted by atomic mass is 16.6. The fraction of sp³-hybridized carbons (Fsp3) is 0.355. The number of esters is 2. The molecule has 216 valence electrons. The van der Waals surface area contributed by atoms with Crippen molar-refractivity contribution in [1.29, 1.82) is 0 Å². The van der Waals surface area contributed by atoms with E-state index in [-0.39, 0.29) is 31.1 Å². The summed E-state index contributed by atoms with van der Waals surface area (Å²) in [6.45, 7) is 10.5. The van der Waals surface area contributed by atoms with E-state index in [0.29, 0.717) is 22.1 Å². The summed E-state index contributed by atoms with van der Waals surface area (Å²) in [5.41, 5.74) is 0.546. The number of para-hydroxylation sites is 2. The molecule has 1 unspecified atom stereocenters. The van der Waals surface area contributed by atoms with Gasteiger partial charge in [-0.3, -0.25) is 9.59 Å². The van der Waals surface area contributed by atoms with Crippen molar-refractivity contribution in [2.45, 2.75) is 59.5 Å². The van der Waals surface area contributed by atoms with Crippen LogP contribution < -0.4 is 4.74 Å². The molecule has 2 heterocycles. The molecule has 10 nitrogen and oxygen atoms in total. The van der Waals surface area contributed by atoms with Crippen LogP contribution in [-0.2, 0) is 30.2 Å². The average Bonchev–Trinajstić information content (AvgIpc) is 3.43. The zero-order chi connectivity index (χ0) is 29.9. The van der Waals surface area contributed by atoms with Crippen molar-refractivity contribution in [1.82, 2.24) is 9.13 Å². The molecule has 0 radical (unpaired) electrons. The first-order valence-corrected chi connectivity index (χ1v) is 13.5. The van der Waals surface area contributed by atoms with Gasteiger partial charge in [0, 0.05) is 16.5 Å². The van der Waals surface area contributed by atoms with Gasteiger partial charge in [-0.2, -0.15) is 0 Å². The van der Waals surface area contributed by atoms with Crippen molar-refractivity contribution in [2.24, 2.45) is 0 Å². The number of fused-ring (bicyclic) bond motifs is 2. The first-order chi connectivity index (χ1) is 19.5. The maximum Gasteiger partial charge on any atom is 0.424 e. The highest BCUT2D eigenvalue weighted by molar-refractivity contribution is 6.00. The molecule has 0 saturated heterocycles. The Morgan fingerprint density at radius 3 is 2.12 bits per heavy atom. The van der Waals surface area contributed by atoms with Crippen molar-refractivity contribution < 1.29 is 38.1 Å². The summed E-state index contributed by atoms with van der Waals surface area (Å²) in [5.74, 6) is -2.09. The second-order valence-electron chi connectivity index (χ2n) is 10.4. The molecule has 4 aromatic rings. The maximum atomic E-state index is 13.9. The minimum Gasteiger partial charge on any atom is -0.466 e. The van der Waals surface area contributed by atoms with Gasteiger partial charge in [0.25, 0.3) is 0 Å². The fourth-order valence-corrected chi connectivity index (χ4v) is 4.66. The van der Waals surface area contributed by atoms with Crippen LogP contribution in [0.3, 0.4) is 0 Å². The number of benzene rings is 2. The number of hydrogen-bond acceptors (Lipinski definition) is 8. The van der Waals surface area contributed by atoms with Crippen LogP contribution in [0.5, 0.6) is 5.75 Å². The summed E-state index contributed by atoms with van der Waals surface area (Å²) >= 11 is 0. The van der Waals surface area contributed by atoms with Gasteiger partial charge in [-0.05, 0) is 65.8 Å². The lowest BCUT2D eigenvalue weighted by Crippen LogP contribution is -2.29. The summed E-state index contributed by atoms with van der Waals surface area (Å²) in [7, 11) is 0. The minimum absolute atomic E-state index is 0.0110. The highest BCUT2D eigenvalue weighted by Gasteiger charge is 2.34. The van der Waals surface area contributed by atoms with Gasteiger partial charge in [0.15, 0.2) is 5.75 Å². The van der Waals surface area contributed by atoms with E-state index in [2.05, 4.69) is 0 Å². The van der Waals surface area contributed by atoms with Crippen LogP contribution in [0.25, 0.3) is 21.8 Å². The Hall–Kier alpha value is -4.60. The molecular weight excluding hydrogens is 528 g/mol. The van der Waals surface area contributed by atoms with Crippen molar-refractivity contribution >= 4 is 45.9 Å². The van der Waals surface area contributed by atoms with Crippen molar-refractivity contribution in [3.05, 3.63) is 66.0 Å². The molecule has 1 atom stereocenters. The van der Waals surface area contributed by atoms with Gasteiger partial charge in [-0.25, -0.2) is 18.7 Å². The summed E-state index contributed by atoms with van der Waals surface area (Å²) in [6, 6.07) is 15.7. The predicted octanol–water partition coefficient (Wildman–Crippen LogP) is 6.20. The molecule has 0 bridgehead atoms. The van der Waals surface area contributed by atoms with Gasteiger partial charge in [0.05, 0.1) is 42.3 Å². The van der Waals surface area contributed by atoms with Crippen molar-refractivity contribution in [3.63, 3.8) is 0 Å². The van der Waals surface area contributed by atoms with Crippen molar-refractivity contribution in [3.8, 4) is 5.75 Å². The van der Waals surface area contributed by atoms with Crippen LogP contribution in [0.15, 0.2) is 54.6 Å². The zero-order valence-electron chi connectivity index (χ0n) is 24.1. The van der Waals surface area contributed by atoms with Gasteiger partial charge in [-0.15, -0.1) is 0 Å². The second-order valence-corrected chi connectivity index (χ2v) is 10.4. The lowest BCUT2D eigenvalue weighted by atomic mass is 10.1. The summed E-state index contributed by atoms with van der Waals surface area (Å²) < 4.78 is 24.6. The summed E-state index contributed by atoms with van der Waals surface area (Å²) in [5, 5.41) is 1.14. The second kappa shape index (κ2) is 11.9. The number of carbonyl (C=O) groups is 4. The quantitative estimate of drug-likeness (QED) is 0.193. The van der Waals surface area contributed by atoms with E-state index in [1.165, 1.54) is 9.13 Å². The molecule has 0 saturated carbocycles. The Bertz CT molecular complexity index is 1620. The van der Waals surface area contributed by atoms with Gasteiger partial charge >= 0.3 is 24.1 Å². The normalized spacial score (nSPS) is 12.2. The van der Waals surface area contributed by atoms with E-state index >= 15 is 0 Å². The van der Waals surface area contributed by atoms with Crippen LogP contribution in [0.1, 0.15) is 58.8 Å². The molecule has 10 heteroatoms. The van der Waals surface area contributed by atoms with E-state index in [1.54, 1.807) is 84.0 Å². The topological polar surface area (TPSA) is 115 Å². The molecule has 0 amide bonds. The number of rotatable bonds is 7. The van der Waals surface area contributed by atoms with Gasteiger partial charge in [0.1, 0.15) is 5.60 Å². The third-order valence-electron chi connectivity index (χ3n) is 6.28.